The minimum atomic E-state index is -3.06. The van der Waals surface area contributed by atoms with Crippen LogP contribution < -0.4 is 4.74 Å². The van der Waals surface area contributed by atoms with Gasteiger partial charge < -0.3 is 4.74 Å². The Balaban J connectivity index is 2.01. The van der Waals surface area contributed by atoms with Crippen LogP contribution in [-0.4, -0.2) is 16.5 Å². The summed E-state index contributed by atoms with van der Waals surface area (Å²) in [6.45, 7) is -3.06. The summed E-state index contributed by atoms with van der Waals surface area (Å²) in [6.07, 6.45) is 0.331. The van der Waals surface area contributed by atoms with Crippen LogP contribution in [0.2, 0.25) is 0 Å². The van der Waals surface area contributed by atoms with Crippen LogP contribution in [0.15, 0.2) is 60.7 Å². The maximum absolute atomic E-state index is 13.0. The molecule has 5 nitrogen and oxygen atoms in total. The van der Waals surface area contributed by atoms with Gasteiger partial charge in [-0.25, -0.2) is 9.37 Å². The number of halogens is 3. The molecule has 3 aromatic rings. The topological polar surface area (TPSA) is 65.3 Å². The monoisotopic (exact) mass is 374 g/mol. The number of benzene rings is 2. The van der Waals surface area contributed by atoms with Crippen molar-refractivity contribution >= 4 is 5.69 Å². The summed E-state index contributed by atoms with van der Waals surface area (Å²) in [7, 11) is 0. The molecule has 0 radical (unpaired) electrons. The molecule has 3 rings (SSSR count). The van der Waals surface area contributed by atoms with Crippen molar-refractivity contribution in [1.29, 1.82) is 0 Å². The molecule has 0 spiro atoms. The summed E-state index contributed by atoms with van der Waals surface area (Å²) in [5.41, 5.74) is 1.45. The summed E-state index contributed by atoms with van der Waals surface area (Å²) in [4.78, 5) is 14.7. The molecule has 27 heavy (non-hydrogen) atoms. The van der Waals surface area contributed by atoms with E-state index in [2.05, 4.69) is 9.72 Å². The molecule has 0 fully saturated rings. The van der Waals surface area contributed by atoms with E-state index in [0.29, 0.717) is 12.1 Å². The minimum absolute atomic E-state index is 0.0682. The number of nitro benzene ring substituents is 1. The van der Waals surface area contributed by atoms with E-state index in [-0.39, 0.29) is 28.5 Å². The minimum Gasteiger partial charge on any atom is -0.432 e. The van der Waals surface area contributed by atoms with Gasteiger partial charge in [0, 0.05) is 29.8 Å². The molecule has 0 saturated carbocycles. The third-order valence-electron chi connectivity index (χ3n) is 3.76. The standard InChI is InChI=1S/C19H13F3N2O3/c20-14-6-4-12(5-7-14)10-15-8-9-17(27-19(21)22)18(23-15)13-2-1-3-16(11-13)24(25)26/h1-9,11,19H,10H2. The Morgan fingerprint density at radius 1 is 1.07 bits per heavy atom. The first kappa shape index (κ1) is 18.4. The van der Waals surface area contributed by atoms with Crippen molar-refractivity contribution < 1.29 is 22.8 Å². The normalized spacial score (nSPS) is 10.8. The zero-order valence-electron chi connectivity index (χ0n) is 13.8. The van der Waals surface area contributed by atoms with Crippen molar-refractivity contribution in [2.45, 2.75) is 13.0 Å². The lowest BCUT2D eigenvalue weighted by Gasteiger charge is -2.12. The molecule has 0 saturated heterocycles. The summed E-state index contributed by atoms with van der Waals surface area (Å²) in [5.74, 6) is -0.557. The number of pyridine rings is 1. The van der Waals surface area contributed by atoms with Crippen LogP contribution >= 0.6 is 0 Å². The fraction of sp³-hybridized carbons (Fsp3) is 0.105. The number of nitro groups is 1. The van der Waals surface area contributed by atoms with Crippen LogP contribution in [0.4, 0.5) is 18.9 Å². The van der Waals surface area contributed by atoms with Crippen LogP contribution in [0, 0.1) is 15.9 Å². The van der Waals surface area contributed by atoms with Gasteiger partial charge in [-0.1, -0.05) is 24.3 Å². The van der Waals surface area contributed by atoms with Crippen molar-refractivity contribution in [3.8, 4) is 17.0 Å². The van der Waals surface area contributed by atoms with Crippen molar-refractivity contribution in [2.24, 2.45) is 0 Å². The van der Waals surface area contributed by atoms with Gasteiger partial charge in [0.05, 0.1) is 4.92 Å². The molecule has 0 bridgehead atoms. The Bertz CT molecular complexity index is 963. The molecular weight excluding hydrogens is 361 g/mol. The van der Waals surface area contributed by atoms with Gasteiger partial charge in [-0.05, 0) is 29.8 Å². The highest BCUT2D eigenvalue weighted by Gasteiger charge is 2.16. The maximum Gasteiger partial charge on any atom is 0.387 e. The second-order valence-corrected chi connectivity index (χ2v) is 5.64. The van der Waals surface area contributed by atoms with E-state index < -0.39 is 11.5 Å². The van der Waals surface area contributed by atoms with Gasteiger partial charge in [0.2, 0.25) is 0 Å². The Morgan fingerprint density at radius 2 is 1.81 bits per heavy atom. The van der Waals surface area contributed by atoms with Crippen molar-refractivity contribution in [2.75, 3.05) is 0 Å². The molecule has 0 aliphatic carbocycles. The van der Waals surface area contributed by atoms with Gasteiger partial charge in [-0.15, -0.1) is 0 Å². The lowest BCUT2D eigenvalue weighted by atomic mass is 10.1. The molecule has 0 atom stereocenters. The second kappa shape index (κ2) is 7.86. The fourth-order valence-corrected chi connectivity index (χ4v) is 2.56. The number of hydrogen-bond acceptors (Lipinski definition) is 4. The summed E-state index contributed by atoms with van der Waals surface area (Å²) in [6, 6.07) is 14.1. The first-order valence-electron chi connectivity index (χ1n) is 7.86. The van der Waals surface area contributed by atoms with E-state index in [4.69, 9.17) is 0 Å². The second-order valence-electron chi connectivity index (χ2n) is 5.64. The molecule has 0 unspecified atom stereocenters. The van der Waals surface area contributed by atoms with E-state index in [9.17, 15) is 23.3 Å². The van der Waals surface area contributed by atoms with E-state index in [1.54, 1.807) is 12.1 Å². The van der Waals surface area contributed by atoms with Crippen LogP contribution in [0.5, 0.6) is 5.75 Å². The zero-order valence-corrected chi connectivity index (χ0v) is 13.8. The highest BCUT2D eigenvalue weighted by molar-refractivity contribution is 5.68. The first-order chi connectivity index (χ1) is 12.9. The van der Waals surface area contributed by atoms with Crippen molar-refractivity contribution in [3.05, 3.63) is 87.9 Å². The number of aromatic nitrogens is 1. The average molecular weight is 374 g/mol. The predicted octanol–water partition coefficient (Wildman–Crippen LogP) is 4.99. The first-order valence-corrected chi connectivity index (χ1v) is 7.86. The molecule has 0 N–H and O–H groups in total. The third-order valence-corrected chi connectivity index (χ3v) is 3.76. The van der Waals surface area contributed by atoms with Gasteiger partial charge in [-0.2, -0.15) is 8.78 Å². The highest BCUT2D eigenvalue weighted by atomic mass is 19.3. The van der Waals surface area contributed by atoms with Gasteiger partial charge in [0.1, 0.15) is 11.5 Å². The zero-order chi connectivity index (χ0) is 19.4. The number of ether oxygens (including phenoxy) is 1. The largest absolute Gasteiger partial charge is 0.432 e. The Hall–Kier alpha value is -3.42. The summed E-state index contributed by atoms with van der Waals surface area (Å²) < 4.78 is 43.0. The molecule has 8 heteroatoms. The number of non-ortho nitro benzene ring substituents is 1. The van der Waals surface area contributed by atoms with Crippen LogP contribution in [-0.2, 0) is 6.42 Å². The van der Waals surface area contributed by atoms with Crippen molar-refractivity contribution in [1.82, 2.24) is 4.98 Å². The van der Waals surface area contributed by atoms with Gasteiger partial charge in [-0.3, -0.25) is 10.1 Å². The number of nitrogens with zero attached hydrogens (tertiary/aromatic N) is 2. The van der Waals surface area contributed by atoms with Crippen LogP contribution in [0.1, 0.15) is 11.3 Å². The highest BCUT2D eigenvalue weighted by Crippen LogP contribution is 2.32. The number of alkyl halides is 2. The van der Waals surface area contributed by atoms with Crippen molar-refractivity contribution in [3.63, 3.8) is 0 Å². The fourth-order valence-electron chi connectivity index (χ4n) is 2.56. The van der Waals surface area contributed by atoms with E-state index >= 15 is 0 Å². The quantitative estimate of drug-likeness (QED) is 0.450. The molecule has 2 aromatic carbocycles. The maximum atomic E-state index is 13.0. The predicted molar refractivity (Wildman–Crippen MR) is 92.2 cm³/mol. The summed E-state index contributed by atoms with van der Waals surface area (Å²) >= 11 is 0. The smallest absolute Gasteiger partial charge is 0.387 e. The SMILES string of the molecule is O=[N+]([O-])c1cccc(-c2nc(Cc3ccc(F)cc3)ccc2OC(F)F)c1. The molecule has 0 amide bonds. The molecule has 1 aromatic heterocycles. The molecule has 138 valence electrons. The molecular formula is C19H13F3N2O3. The van der Waals surface area contributed by atoms with E-state index in [0.717, 1.165) is 5.56 Å². The lowest BCUT2D eigenvalue weighted by Crippen LogP contribution is -2.05. The van der Waals surface area contributed by atoms with E-state index in [1.807, 2.05) is 0 Å². The Labute approximate surface area is 152 Å². The van der Waals surface area contributed by atoms with E-state index in [1.165, 1.54) is 48.5 Å². The summed E-state index contributed by atoms with van der Waals surface area (Å²) in [5, 5.41) is 11.0. The number of rotatable bonds is 6. The molecule has 0 aliphatic rings. The van der Waals surface area contributed by atoms with Crippen LogP contribution in [0.25, 0.3) is 11.3 Å². The lowest BCUT2D eigenvalue weighted by molar-refractivity contribution is -0.384. The van der Waals surface area contributed by atoms with Gasteiger partial charge >= 0.3 is 6.61 Å². The Kier molecular flexibility index (Phi) is 5.35. The Morgan fingerprint density at radius 3 is 2.48 bits per heavy atom. The number of hydrogen-bond donors (Lipinski definition) is 0. The molecule has 1 heterocycles. The van der Waals surface area contributed by atoms with Gasteiger partial charge in [0.25, 0.3) is 5.69 Å². The van der Waals surface area contributed by atoms with Gasteiger partial charge in [0.15, 0.2) is 5.75 Å². The average Bonchev–Trinajstić information content (AvgIpc) is 2.64. The molecule has 0 aliphatic heterocycles. The van der Waals surface area contributed by atoms with Crippen LogP contribution in [0.3, 0.4) is 0 Å². The third kappa shape index (κ3) is 4.60.